The minimum atomic E-state index is -2.24. The van der Waals surface area contributed by atoms with Crippen molar-refractivity contribution in [1.82, 2.24) is 4.57 Å². The summed E-state index contributed by atoms with van der Waals surface area (Å²) in [6.45, 7) is -1.62. The Balaban J connectivity index is 1.76. The number of aromatic nitrogens is 1. The van der Waals surface area contributed by atoms with E-state index in [1.165, 1.54) is 19.1 Å². The van der Waals surface area contributed by atoms with E-state index in [2.05, 4.69) is 0 Å². The molecule has 0 radical (unpaired) electrons. The molecule has 0 aliphatic carbocycles. The third-order valence-electron chi connectivity index (χ3n) is 5.98. The van der Waals surface area contributed by atoms with Gasteiger partial charge >= 0.3 is 5.82 Å². The van der Waals surface area contributed by atoms with E-state index in [1.54, 1.807) is 0 Å². The second-order valence-corrected chi connectivity index (χ2v) is 8.21. The molecule has 0 aromatic carbocycles. The lowest BCUT2D eigenvalue weighted by molar-refractivity contribution is -0.390. The molecule has 3 heterocycles. The Morgan fingerprint density at radius 3 is 2.37 bits per heavy atom. The molecule has 8 N–H and O–H groups in total. The molecule has 0 amide bonds. The quantitative estimate of drug-likeness (QED) is 0.0691. The van der Waals surface area contributed by atoms with Crippen LogP contribution in [0.3, 0.4) is 0 Å². The second-order valence-electron chi connectivity index (χ2n) is 8.21. The Morgan fingerprint density at radius 2 is 1.80 bits per heavy atom. The SMILES string of the molecule is Cc1ccc([N+](=O)[O-])n1C(=N)COC1(CO)O[C@H](CO)[C@@H](O[C@@H]2O[C@H](CO)[C@H](O)[C@H](O)[C@H]2O)[C@@H]1O. The number of ether oxygens (including phenoxy) is 4. The Hall–Kier alpha value is -2.09. The molecule has 2 aliphatic heterocycles. The van der Waals surface area contributed by atoms with Crippen molar-refractivity contribution >= 4 is 11.7 Å². The van der Waals surface area contributed by atoms with Gasteiger partial charge in [0.05, 0.1) is 13.2 Å². The number of aliphatic hydroxyl groups is 7. The molecule has 2 saturated heterocycles. The fraction of sp³-hybridized carbons (Fsp3) is 0.737. The van der Waals surface area contributed by atoms with Crippen molar-refractivity contribution in [2.45, 2.75) is 61.7 Å². The van der Waals surface area contributed by atoms with Crippen molar-refractivity contribution in [2.24, 2.45) is 0 Å². The summed E-state index contributed by atoms with van der Waals surface area (Å²) in [5.74, 6) is -3.06. The van der Waals surface area contributed by atoms with Crippen LogP contribution in [0, 0.1) is 22.4 Å². The summed E-state index contributed by atoms with van der Waals surface area (Å²) in [5.41, 5.74) is 0.355. The zero-order valence-electron chi connectivity index (χ0n) is 18.6. The molecule has 1 aromatic rings. The molecule has 2 aliphatic rings. The number of nitro groups is 1. The Labute approximate surface area is 198 Å². The van der Waals surface area contributed by atoms with Crippen LogP contribution in [0.25, 0.3) is 0 Å². The fourth-order valence-corrected chi connectivity index (χ4v) is 4.05. The average Bonchev–Trinajstić information content (AvgIpc) is 3.36. The van der Waals surface area contributed by atoms with E-state index in [1.807, 2.05) is 0 Å². The summed E-state index contributed by atoms with van der Waals surface area (Å²) in [4.78, 5) is 10.5. The van der Waals surface area contributed by atoms with Crippen LogP contribution in [-0.4, -0.2) is 132 Å². The lowest BCUT2D eigenvalue weighted by Gasteiger charge is -2.41. The minimum absolute atomic E-state index is 0.355. The highest BCUT2D eigenvalue weighted by Crippen LogP contribution is 2.36. The van der Waals surface area contributed by atoms with Gasteiger partial charge in [-0.3, -0.25) is 5.41 Å². The topological polar surface area (TPSA) is 250 Å². The highest BCUT2D eigenvalue weighted by molar-refractivity contribution is 5.85. The first kappa shape index (κ1) is 27.5. The lowest BCUT2D eigenvalue weighted by atomic mass is 9.99. The van der Waals surface area contributed by atoms with Crippen LogP contribution in [0.4, 0.5) is 5.82 Å². The van der Waals surface area contributed by atoms with Crippen LogP contribution >= 0.6 is 0 Å². The van der Waals surface area contributed by atoms with Crippen molar-refractivity contribution in [1.29, 1.82) is 5.41 Å². The van der Waals surface area contributed by atoms with Crippen LogP contribution in [0.1, 0.15) is 5.69 Å². The monoisotopic (exact) mass is 507 g/mol. The molecule has 1 aromatic heterocycles. The number of aliphatic hydroxyl groups excluding tert-OH is 7. The third-order valence-corrected chi connectivity index (χ3v) is 5.98. The highest BCUT2D eigenvalue weighted by Gasteiger charge is 2.58. The maximum atomic E-state index is 11.2. The van der Waals surface area contributed by atoms with Crippen LogP contribution < -0.4 is 0 Å². The lowest BCUT2D eigenvalue weighted by Crippen LogP contribution is -2.61. The van der Waals surface area contributed by atoms with Crippen molar-refractivity contribution in [3.05, 3.63) is 27.9 Å². The number of nitrogens with one attached hydrogen (secondary N) is 1. The number of hydrogen-bond donors (Lipinski definition) is 8. The molecular weight excluding hydrogens is 478 g/mol. The molecule has 2 fully saturated rings. The zero-order chi connectivity index (χ0) is 26.1. The molecule has 9 atom stereocenters. The molecule has 0 bridgehead atoms. The maximum absolute atomic E-state index is 11.2. The zero-order valence-corrected chi connectivity index (χ0v) is 18.6. The summed E-state index contributed by atoms with van der Waals surface area (Å²) >= 11 is 0. The van der Waals surface area contributed by atoms with E-state index in [-0.39, 0.29) is 0 Å². The van der Waals surface area contributed by atoms with Crippen molar-refractivity contribution in [2.75, 3.05) is 26.4 Å². The largest absolute Gasteiger partial charge is 0.394 e. The number of nitrogens with zero attached hydrogens (tertiary/aromatic N) is 2. The predicted octanol–water partition coefficient (Wildman–Crippen LogP) is -3.83. The van der Waals surface area contributed by atoms with Crippen LogP contribution in [0.2, 0.25) is 0 Å². The summed E-state index contributed by atoms with van der Waals surface area (Å²) in [6.07, 6.45) is -12.9. The van der Waals surface area contributed by atoms with Crippen LogP contribution in [0.5, 0.6) is 0 Å². The summed E-state index contributed by atoms with van der Waals surface area (Å²) in [7, 11) is 0. The van der Waals surface area contributed by atoms with Crippen LogP contribution in [-0.2, 0) is 18.9 Å². The normalized spacial score (nSPS) is 37.5. The van der Waals surface area contributed by atoms with Gasteiger partial charge in [-0.25, -0.2) is 0 Å². The van der Waals surface area contributed by atoms with Crippen molar-refractivity contribution in [3.8, 4) is 0 Å². The molecule has 16 heteroatoms. The van der Waals surface area contributed by atoms with E-state index in [0.717, 1.165) is 4.57 Å². The molecule has 35 heavy (non-hydrogen) atoms. The van der Waals surface area contributed by atoms with Crippen LogP contribution in [0.15, 0.2) is 12.1 Å². The molecule has 0 saturated carbocycles. The minimum Gasteiger partial charge on any atom is -0.394 e. The van der Waals surface area contributed by atoms with E-state index in [4.69, 9.17) is 24.4 Å². The van der Waals surface area contributed by atoms with E-state index in [9.17, 15) is 45.9 Å². The van der Waals surface area contributed by atoms with Gasteiger partial charge in [-0.15, -0.1) is 0 Å². The second kappa shape index (κ2) is 10.9. The molecule has 1 unspecified atom stereocenters. The Bertz CT molecular complexity index is 911. The molecule has 0 spiro atoms. The Morgan fingerprint density at radius 1 is 1.14 bits per heavy atom. The van der Waals surface area contributed by atoms with Gasteiger partial charge in [0.2, 0.25) is 11.6 Å². The molecule has 3 rings (SSSR count). The summed E-state index contributed by atoms with van der Waals surface area (Å²) < 4.78 is 22.7. The van der Waals surface area contributed by atoms with Gasteiger partial charge in [0, 0.05) is 6.07 Å². The number of hydrogen-bond acceptors (Lipinski definition) is 14. The fourth-order valence-electron chi connectivity index (χ4n) is 4.05. The van der Waals surface area contributed by atoms with E-state index >= 15 is 0 Å². The number of aryl methyl sites for hydroxylation is 1. The van der Waals surface area contributed by atoms with Gasteiger partial charge < -0.3 is 64.8 Å². The van der Waals surface area contributed by atoms with Gasteiger partial charge in [0.15, 0.2) is 6.29 Å². The summed E-state index contributed by atoms with van der Waals surface area (Å²) in [5, 5.41) is 89.3. The number of rotatable bonds is 9. The van der Waals surface area contributed by atoms with Gasteiger partial charge in [0.1, 0.15) is 61.6 Å². The molecule has 198 valence electrons. The van der Waals surface area contributed by atoms with Crippen molar-refractivity contribution < 1.29 is 59.6 Å². The van der Waals surface area contributed by atoms with Crippen molar-refractivity contribution in [3.63, 3.8) is 0 Å². The van der Waals surface area contributed by atoms with Gasteiger partial charge in [-0.1, -0.05) is 0 Å². The average molecular weight is 507 g/mol. The van der Waals surface area contributed by atoms with Gasteiger partial charge in [-0.2, -0.15) is 4.57 Å². The third kappa shape index (κ3) is 5.09. The standard InChI is InChI=1S/C19H29N3O13/c1-8-2-3-12(22(30)31)21(8)11(20)6-32-19(7-25)17(29)16(10(5-24)35-19)34-18-15(28)14(27)13(26)9(4-23)33-18/h2-3,9-10,13-18,20,23-29H,4-7H2,1H3/t9-,10-,13+,14+,15-,16-,17+,18+,19?/m1/s1. The molecule has 16 nitrogen and oxygen atoms in total. The highest BCUT2D eigenvalue weighted by atomic mass is 16.8. The first-order valence-corrected chi connectivity index (χ1v) is 10.6. The smallest absolute Gasteiger partial charge is 0.329 e. The first-order valence-electron chi connectivity index (χ1n) is 10.6. The van der Waals surface area contributed by atoms with E-state index in [0.29, 0.717) is 5.69 Å². The Kier molecular flexibility index (Phi) is 8.56. The summed E-state index contributed by atoms with van der Waals surface area (Å²) in [6, 6.07) is 2.61. The first-order chi connectivity index (χ1) is 16.5. The molecular formula is C19H29N3O13. The van der Waals surface area contributed by atoms with E-state index < -0.39 is 97.8 Å². The van der Waals surface area contributed by atoms with Gasteiger partial charge in [-0.05, 0) is 17.9 Å². The van der Waals surface area contributed by atoms with Gasteiger partial charge in [0.25, 0.3) is 0 Å². The predicted molar refractivity (Wildman–Crippen MR) is 111 cm³/mol. The maximum Gasteiger partial charge on any atom is 0.329 e.